The summed E-state index contributed by atoms with van der Waals surface area (Å²) < 4.78 is 23.5. The molecule has 1 aliphatic rings. The van der Waals surface area contributed by atoms with Crippen LogP contribution in [0.15, 0.2) is 41.9 Å². The molecule has 0 fully saturated rings. The van der Waals surface area contributed by atoms with Gasteiger partial charge in [0.05, 0.1) is 26.4 Å². The second-order valence-electron chi connectivity index (χ2n) is 9.98. The largest absolute Gasteiger partial charge is 0.497 e. The molecule has 0 saturated carbocycles. The van der Waals surface area contributed by atoms with Crippen molar-refractivity contribution in [2.75, 3.05) is 46.6 Å². The molecule has 2 atom stereocenters. The summed E-state index contributed by atoms with van der Waals surface area (Å²) in [5.74, 6) is 3.87. The van der Waals surface area contributed by atoms with Gasteiger partial charge in [-0.3, -0.25) is 0 Å². The number of likely N-dealkylation sites (N-methyl/N-ethyl adjacent to an activating group) is 1. The molecule has 0 amide bonds. The third-order valence-corrected chi connectivity index (χ3v) is 7.22. The molecular weight excluding hydrogens is 466 g/mol. The van der Waals surface area contributed by atoms with E-state index in [0.29, 0.717) is 38.8 Å². The molecular formula is C31H49NO5. The van der Waals surface area contributed by atoms with Crippen LogP contribution in [-0.4, -0.2) is 57.8 Å². The van der Waals surface area contributed by atoms with E-state index in [1.807, 2.05) is 33.8 Å². The Morgan fingerprint density at radius 2 is 1.54 bits per heavy atom. The van der Waals surface area contributed by atoms with Gasteiger partial charge in [-0.05, 0) is 90.2 Å². The van der Waals surface area contributed by atoms with Crippen molar-refractivity contribution in [2.24, 2.45) is 17.3 Å². The van der Waals surface area contributed by atoms with Gasteiger partial charge >= 0.3 is 0 Å². The lowest BCUT2D eigenvalue weighted by Gasteiger charge is -2.46. The van der Waals surface area contributed by atoms with Crippen molar-refractivity contribution in [1.29, 1.82) is 0 Å². The fourth-order valence-corrected chi connectivity index (χ4v) is 5.47. The summed E-state index contributed by atoms with van der Waals surface area (Å²) >= 11 is 0. The van der Waals surface area contributed by atoms with Gasteiger partial charge in [-0.1, -0.05) is 13.8 Å². The summed E-state index contributed by atoms with van der Waals surface area (Å²) in [5.41, 5.74) is 0.990. The number of aldehydes is 1. The van der Waals surface area contributed by atoms with E-state index >= 15 is 0 Å². The van der Waals surface area contributed by atoms with Crippen molar-refractivity contribution in [3.8, 4) is 11.5 Å². The molecule has 2 rings (SSSR count). The summed E-state index contributed by atoms with van der Waals surface area (Å²) in [5, 5.41) is 0. The van der Waals surface area contributed by atoms with Crippen LogP contribution in [0.4, 0.5) is 0 Å². The highest BCUT2D eigenvalue weighted by atomic mass is 16.5. The van der Waals surface area contributed by atoms with Crippen LogP contribution in [0.3, 0.4) is 0 Å². The van der Waals surface area contributed by atoms with Gasteiger partial charge in [0, 0.05) is 36.4 Å². The molecule has 0 N–H and O–H groups in total. The number of nitrogens with zero attached hydrogens (tertiary/aromatic N) is 1. The Hall–Kier alpha value is -2.47. The number of carbonyl (C=O) groups excluding carboxylic acids is 1. The smallest absolute Gasteiger partial charge is 0.123 e. The quantitative estimate of drug-likeness (QED) is 0.210. The van der Waals surface area contributed by atoms with E-state index in [2.05, 4.69) is 50.1 Å². The molecule has 1 unspecified atom stereocenters. The Labute approximate surface area is 225 Å². The Kier molecular flexibility index (Phi) is 13.1. The fraction of sp³-hybridized carbons (Fsp3) is 0.645. The third-order valence-electron chi connectivity index (χ3n) is 7.22. The van der Waals surface area contributed by atoms with Crippen LogP contribution < -0.4 is 9.47 Å². The Morgan fingerprint density at radius 1 is 0.919 bits per heavy atom. The van der Waals surface area contributed by atoms with Crippen LogP contribution in [0.2, 0.25) is 0 Å². The molecule has 1 aliphatic carbocycles. The van der Waals surface area contributed by atoms with Crippen LogP contribution in [0.25, 0.3) is 0 Å². The predicted molar refractivity (Wildman–Crippen MR) is 150 cm³/mol. The average Bonchev–Trinajstić information content (AvgIpc) is 2.85. The van der Waals surface area contributed by atoms with Crippen molar-refractivity contribution in [1.82, 2.24) is 4.90 Å². The van der Waals surface area contributed by atoms with Gasteiger partial charge in [0.1, 0.15) is 29.3 Å². The Bertz CT molecular complexity index is 869. The second-order valence-corrected chi connectivity index (χ2v) is 9.98. The lowest BCUT2D eigenvalue weighted by Crippen LogP contribution is -2.41. The molecule has 0 aliphatic heterocycles. The first-order valence-electron chi connectivity index (χ1n) is 14.1. The maximum Gasteiger partial charge on any atom is 0.123 e. The van der Waals surface area contributed by atoms with Crippen molar-refractivity contribution in [3.63, 3.8) is 0 Å². The van der Waals surface area contributed by atoms with E-state index in [-0.39, 0.29) is 11.3 Å². The summed E-state index contributed by atoms with van der Waals surface area (Å²) in [4.78, 5) is 14.1. The summed E-state index contributed by atoms with van der Waals surface area (Å²) in [6.45, 7) is 16.8. The minimum Gasteiger partial charge on any atom is -0.497 e. The maximum absolute atomic E-state index is 11.7. The number of carbonyl (C=O) groups is 1. The Balaban J connectivity index is 2.10. The first-order chi connectivity index (χ1) is 17.8. The predicted octanol–water partition coefficient (Wildman–Crippen LogP) is 6.44. The van der Waals surface area contributed by atoms with E-state index < -0.39 is 0 Å². The topological polar surface area (TPSA) is 57.2 Å². The molecule has 0 spiro atoms. The summed E-state index contributed by atoms with van der Waals surface area (Å²) in [6.07, 6.45) is 8.58. The number of hydrogen-bond donors (Lipinski definition) is 0. The molecule has 6 nitrogen and oxygen atoms in total. The second kappa shape index (κ2) is 15.7. The molecule has 0 saturated heterocycles. The molecule has 208 valence electrons. The van der Waals surface area contributed by atoms with Crippen LogP contribution in [0.1, 0.15) is 66.4 Å². The van der Waals surface area contributed by atoms with Gasteiger partial charge in [-0.15, -0.1) is 0 Å². The van der Waals surface area contributed by atoms with Crippen LogP contribution in [0.5, 0.6) is 11.5 Å². The molecule has 0 radical (unpaired) electrons. The van der Waals surface area contributed by atoms with Crippen molar-refractivity contribution in [2.45, 2.75) is 67.2 Å². The van der Waals surface area contributed by atoms with Gasteiger partial charge in [-0.25, -0.2) is 0 Å². The number of ether oxygens (including phenoxy) is 4. The zero-order valence-electron chi connectivity index (χ0n) is 24.2. The molecule has 1 aromatic carbocycles. The van der Waals surface area contributed by atoms with E-state index in [1.54, 1.807) is 0 Å². The number of hydrogen-bond acceptors (Lipinski definition) is 6. The lowest BCUT2D eigenvalue weighted by atomic mass is 9.61. The number of benzene rings is 1. The summed E-state index contributed by atoms with van der Waals surface area (Å²) in [7, 11) is 2.17. The molecule has 37 heavy (non-hydrogen) atoms. The van der Waals surface area contributed by atoms with E-state index in [4.69, 9.17) is 18.9 Å². The summed E-state index contributed by atoms with van der Waals surface area (Å²) in [6, 6.07) is 6.18. The average molecular weight is 516 g/mol. The fourth-order valence-electron chi connectivity index (χ4n) is 5.47. The van der Waals surface area contributed by atoms with Gasteiger partial charge in [-0.2, -0.15) is 0 Å². The lowest BCUT2D eigenvalue weighted by molar-refractivity contribution is -0.109. The minimum atomic E-state index is -0.226. The van der Waals surface area contributed by atoms with Crippen molar-refractivity contribution >= 4 is 6.29 Å². The Morgan fingerprint density at radius 3 is 2.08 bits per heavy atom. The highest BCUT2D eigenvalue weighted by molar-refractivity contribution is 5.52. The van der Waals surface area contributed by atoms with Crippen molar-refractivity contribution < 1.29 is 23.7 Å². The number of rotatable bonds is 18. The van der Waals surface area contributed by atoms with E-state index in [0.717, 1.165) is 61.7 Å². The van der Waals surface area contributed by atoms with Gasteiger partial charge in [0.2, 0.25) is 0 Å². The first-order valence-corrected chi connectivity index (χ1v) is 14.1. The SMILES string of the molecule is CCOC1=C[C@@H](CC=O)C(CCCN(C)CCc2cc(OCC)cc(OCC)c2)(C(C)C)C(OCC)=C1. The van der Waals surface area contributed by atoms with Gasteiger partial charge < -0.3 is 28.6 Å². The minimum absolute atomic E-state index is 0.0571. The molecule has 0 aromatic heterocycles. The van der Waals surface area contributed by atoms with Gasteiger partial charge in [0.25, 0.3) is 0 Å². The van der Waals surface area contributed by atoms with Crippen molar-refractivity contribution in [3.05, 3.63) is 47.4 Å². The zero-order valence-corrected chi connectivity index (χ0v) is 24.2. The molecule has 6 heteroatoms. The number of allylic oxidation sites excluding steroid dienone is 3. The van der Waals surface area contributed by atoms with E-state index in [9.17, 15) is 4.79 Å². The maximum atomic E-state index is 11.7. The molecule has 0 bridgehead atoms. The highest BCUT2D eigenvalue weighted by Crippen LogP contribution is 2.52. The normalized spacial score (nSPS) is 19.4. The van der Waals surface area contributed by atoms with Crippen LogP contribution in [0, 0.1) is 17.3 Å². The monoisotopic (exact) mass is 515 g/mol. The van der Waals surface area contributed by atoms with E-state index in [1.165, 1.54) is 5.56 Å². The van der Waals surface area contributed by atoms with Crippen LogP contribution >= 0.6 is 0 Å². The zero-order chi connectivity index (χ0) is 27.3. The standard InChI is InChI=1S/C31H49NO5/c1-8-34-27-19-25(20-28(22-27)35-9-2)13-17-32(7)16-12-15-31(24(5)6)26(14-18-33)21-29(36-10-3)23-30(31)37-11-4/h18-24,26H,8-17H2,1-7H3/t26-,31?/m1/s1. The molecule has 0 heterocycles. The van der Waals surface area contributed by atoms with Gasteiger partial charge in [0.15, 0.2) is 0 Å². The first kappa shape index (κ1) is 30.8. The molecule has 1 aromatic rings. The third kappa shape index (κ3) is 8.53. The van der Waals surface area contributed by atoms with Crippen LogP contribution in [-0.2, 0) is 20.7 Å². The highest BCUT2D eigenvalue weighted by Gasteiger charge is 2.47.